The zero-order valence-corrected chi connectivity index (χ0v) is 9.06. The topological polar surface area (TPSA) is 35.0 Å². The van der Waals surface area contributed by atoms with E-state index in [0.29, 0.717) is 12.0 Å². The molecule has 1 aliphatic rings. The molecule has 5 heteroatoms. The first-order chi connectivity index (χ1) is 5.75. The Morgan fingerprint density at radius 1 is 1.58 bits per heavy atom. The van der Waals surface area contributed by atoms with Crippen LogP contribution in [0, 0.1) is 0 Å². The van der Waals surface area contributed by atoms with Gasteiger partial charge in [-0.3, -0.25) is 0 Å². The van der Waals surface area contributed by atoms with Gasteiger partial charge in [0.15, 0.2) is 3.92 Å². The van der Waals surface area contributed by atoms with Gasteiger partial charge in [0, 0.05) is 5.92 Å². The molecular weight excluding hydrogens is 240 g/mol. The molecule has 2 rings (SSSR count). The van der Waals surface area contributed by atoms with E-state index in [4.69, 9.17) is 4.74 Å². The maximum atomic E-state index is 5.45. The van der Waals surface area contributed by atoms with Gasteiger partial charge in [-0.05, 0) is 29.3 Å². The van der Waals surface area contributed by atoms with Crippen LogP contribution < -0.4 is 0 Å². The molecule has 0 aromatic carbocycles. The van der Waals surface area contributed by atoms with Gasteiger partial charge in [0.2, 0.25) is 0 Å². The van der Waals surface area contributed by atoms with E-state index in [2.05, 4.69) is 33.1 Å². The lowest BCUT2D eigenvalue weighted by molar-refractivity contribution is 0.123. The second-order valence-corrected chi connectivity index (χ2v) is 5.25. The third kappa shape index (κ3) is 1.67. The standard InChI is InChI=1S/C7H9BrN2OS/c1-4-2-5(3-11-4)6-9-10-7(8)12-6/h4-5H,2-3H2,1H3. The van der Waals surface area contributed by atoms with Crippen molar-refractivity contribution in [1.82, 2.24) is 10.2 Å². The van der Waals surface area contributed by atoms with Crippen LogP contribution in [0.5, 0.6) is 0 Å². The molecule has 0 amide bonds. The van der Waals surface area contributed by atoms with Crippen LogP contribution in [-0.2, 0) is 4.74 Å². The first kappa shape index (κ1) is 8.59. The maximum absolute atomic E-state index is 5.45. The average molecular weight is 249 g/mol. The van der Waals surface area contributed by atoms with Gasteiger partial charge in [0.25, 0.3) is 0 Å². The van der Waals surface area contributed by atoms with Crippen LogP contribution in [0.3, 0.4) is 0 Å². The molecule has 1 fully saturated rings. The summed E-state index contributed by atoms with van der Waals surface area (Å²) in [5.74, 6) is 0.462. The number of hydrogen-bond donors (Lipinski definition) is 0. The lowest BCUT2D eigenvalue weighted by Gasteiger charge is -1.99. The van der Waals surface area contributed by atoms with Crippen molar-refractivity contribution in [3.63, 3.8) is 0 Å². The lowest BCUT2D eigenvalue weighted by atomic mass is 10.1. The number of ether oxygens (including phenoxy) is 1. The molecule has 0 bridgehead atoms. The van der Waals surface area contributed by atoms with Crippen molar-refractivity contribution < 1.29 is 4.74 Å². The first-order valence-corrected chi connectivity index (χ1v) is 5.47. The molecule has 1 aromatic rings. The van der Waals surface area contributed by atoms with E-state index in [1.165, 1.54) is 0 Å². The predicted octanol–water partition coefficient (Wildman–Crippen LogP) is 2.19. The molecule has 1 saturated heterocycles. The van der Waals surface area contributed by atoms with Gasteiger partial charge in [-0.15, -0.1) is 10.2 Å². The number of rotatable bonds is 1. The van der Waals surface area contributed by atoms with Crippen LogP contribution >= 0.6 is 27.3 Å². The molecule has 0 saturated carbocycles. The second-order valence-electron chi connectivity index (χ2n) is 2.97. The van der Waals surface area contributed by atoms with Crippen LogP contribution in [0.1, 0.15) is 24.3 Å². The summed E-state index contributed by atoms with van der Waals surface area (Å²) in [6.45, 7) is 2.89. The summed E-state index contributed by atoms with van der Waals surface area (Å²) in [5, 5.41) is 9.08. The van der Waals surface area contributed by atoms with Crippen molar-refractivity contribution in [2.45, 2.75) is 25.4 Å². The monoisotopic (exact) mass is 248 g/mol. The van der Waals surface area contributed by atoms with E-state index in [0.717, 1.165) is 22.0 Å². The van der Waals surface area contributed by atoms with E-state index < -0.39 is 0 Å². The SMILES string of the molecule is CC1CC(c2nnc(Br)s2)CO1. The molecule has 2 atom stereocenters. The molecule has 2 heterocycles. The van der Waals surface area contributed by atoms with Gasteiger partial charge < -0.3 is 4.74 Å². The normalized spacial score (nSPS) is 29.5. The third-order valence-corrected chi connectivity index (χ3v) is 3.48. The van der Waals surface area contributed by atoms with E-state index in [1.54, 1.807) is 11.3 Å². The lowest BCUT2D eigenvalue weighted by Crippen LogP contribution is -1.97. The Morgan fingerprint density at radius 3 is 2.92 bits per heavy atom. The zero-order chi connectivity index (χ0) is 8.55. The molecule has 1 aliphatic heterocycles. The smallest absolute Gasteiger partial charge is 0.183 e. The second kappa shape index (κ2) is 3.40. The summed E-state index contributed by atoms with van der Waals surface area (Å²) >= 11 is 4.90. The number of halogens is 1. The Balaban J connectivity index is 2.11. The highest BCUT2D eigenvalue weighted by Crippen LogP contribution is 2.32. The molecule has 0 N–H and O–H groups in total. The quantitative estimate of drug-likeness (QED) is 0.765. The number of hydrogen-bond acceptors (Lipinski definition) is 4. The summed E-state index contributed by atoms with van der Waals surface area (Å²) in [6, 6.07) is 0. The molecule has 0 spiro atoms. The van der Waals surface area contributed by atoms with Gasteiger partial charge in [-0.25, -0.2) is 0 Å². The minimum absolute atomic E-state index is 0.373. The third-order valence-electron chi connectivity index (χ3n) is 1.96. The van der Waals surface area contributed by atoms with E-state index in [-0.39, 0.29) is 0 Å². The highest BCUT2D eigenvalue weighted by molar-refractivity contribution is 9.11. The average Bonchev–Trinajstić information content (AvgIpc) is 2.58. The zero-order valence-electron chi connectivity index (χ0n) is 6.66. The largest absolute Gasteiger partial charge is 0.378 e. The highest BCUT2D eigenvalue weighted by atomic mass is 79.9. The van der Waals surface area contributed by atoms with Gasteiger partial charge >= 0.3 is 0 Å². The summed E-state index contributed by atoms with van der Waals surface area (Å²) in [7, 11) is 0. The minimum atomic E-state index is 0.373. The van der Waals surface area contributed by atoms with Gasteiger partial charge in [-0.2, -0.15) is 0 Å². The molecule has 66 valence electrons. The van der Waals surface area contributed by atoms with Crippen molar-refractivity contribution in [2.24, 2.45) is 0 Å². The maximum Gasteiger partial charge on any atom is 0.183 e. The first-order valence-electron chi connectivity index (χ1n) is 3.86. The molecule has 1 aromatic heterocycles. The van der Waals surface area contributed by atoms with Gasteiger partial charge in [-0.1, -0.05) is 11.3 Å². The van der Waals surface area contributed by atoms with E-state index >= 15 is 0 Å². The summed E-state index contributed by atoms with van der Waals surface area (Å²) in [4.78, 5) is 0. The summed E-state index contributed by atoms with van der Waals surface area (Å²) in [5.41, 5.74) is 0. The Kier molecular flexibility index (Phi) is 2.43. The Labute approximate surface area is 83.3 Å². The van der Waals surface area contributed by atoms with Crippen LogP contribution in [-0.4, -0.2) is 22.9 Å². The van der Waals surface area contributed by atoms with Gasteiger partial charge in [0.1, 0.15) is 5.01 Å². The fourth-order valence-electron chi connectivity index (χ4n) is 1.37. The molecule has 2 unspecified atom stereocenters. The van der Waals surface area contributed by atoms with Crippen LogP contribution in [0.15, 0.2) is 3.92 Å². The Hall–Kier alpha value is -0.0000000000000000486. The van der Waals surface area contributed by atoms with Crippen LogP contribution in [0.4, 0.5) is 0 Å². The summed E-state index contributed by atoms with van der Waals surface area (Å²) < 4.78 is 6.31. The van der Waals surface area contributed by atoms with Gasteiger partial charge in [0.05, 0.1) is 12.7 Å². The van der Waals surface area contributed by atoms with Crippen molar-refractivity contribution in [3.05, 3.63) is 8.92 Å². The molecule has 0 radical (unpaired) electrons. The van der Waals surface area contributed by atoms with Crippen molar-refractivity contribution in [3.8, 4) is 0 Å². The van der Waals surface area contributed by atoms with E-state index in [9.17, 15) is 0 Å². The van der Waals surface area contributed by atoms with Crippen molar-refractivity contribution >= 4 is 27.3 Å². The fraction of sp³-hybridized carbons (Fsp3) is 0.714. The number of aromatic nitrogens is 2. The Morgan fingerprint density at radius 2 is 2.42 bits per heavy atom. The minimum Gasteiger partial charge on any atom is -0.378 e. The Bertz CT molecular complexity index is 278. The van der Waals surface area contributed by atoms with E-state index in [1.807, 2.05) is 0 Å². The van der Waals surface area contributed by atoms with Crippen molar-refractivity contribution in [1.29, 1.82) is 0 Å². The summed E-state index contributed by atoms with van der Waals surface area (Å²) in [6.07, 6.45) is 1.44. The highest BCUT2D eigenvalue weighted by Gasteiger charge is 2.26. The molecule has 3 nitrogen and oxygen atoms in total. The molecule has 12 heavy (non-hydrogen) atoms. The molecular formula is C7H9BrN2OS. The van der Waals surface area contributed by atoms with Crippen LogP contribution in [0.25, 0.3) is 0 Å². The van der Waals surface area contributed by atoms with Crippen molar-refractivity contribution in [2.75, 3.05) is 6.61 Å². The number of nitrogens with zero attached hydrogens (tertiary/aromatic N) is 2. The van der Waals surface area contributed by atoms with Crippen LogP contribution in [0.2, 0.25) is 0 Å². The predicted molar refractivity (Wildman–Crippen MR) is 50.4 cm³/mol. The fourth-order valence-corrected chi connectivity index (χ4v) is 2.61. The molecule has 0 aliphatic carbocycles.